The second-order valence-electron chi connectivity index (χ2n) is 2.82. The number of likely N-dealkylation sites (N-methyl/N-ethyl adjacent to an activating group) is 1. The largest absolute Gasteiger partial charge is 0.306 e. The number of hydrogen-bond donors (Lipinski definition) is 0. The monoisotopic (exact) mass is 159 g/mol. The normalized spacial score (nSPS) is 12.2. The molecule has 0 aliphatic carbocycles. The summed E-state index contributed by atoms with van der Waals surface area (Å²) >= 11 is 1.87. The summed E-state index contributed by atoms with van der Waals surface area (Å²) in [7, 11) is 4.15. The number of thioether (sulfide) groups is 1. The first-order chi connectivity index (χ1) is 4.63. The molecule has 0 amide bonds. The van der Waals surface area contributed by atoms with Gasteiger partial charge in [-0.05, 0) is 19.5 Å². The zero-order valence-electron chi connectivity index (χ0n) is 7.29. The van der Waals surface area contributed by atoms with Gasteiger partial charge in [0.2, 0.25) is 0 Å². The van der Waals surface area contributed by atoms with Crippen LogP contribution in [0, 0.1) is 0 Å². The van der Waals surface area contributed by atoms with Crippen LogP contribution in [0.2, 0.25) is 0 Å². The van der Waals surface area contributed by atoms with Gasteiger partial charge in [-0.25, -0.2) is 0 Å². The number of nitrogens with zero attached hydrogens (tertiary/aromatic N) is 1. The van der Waals surface area contributed by atoms with E-state index in [1.54, 1.807) is 0 Å². The fraction of sp³-hybridized carbons (Fsp3) is 0.750. The van der Waals surface area contributed by atoms with E-state index in [1.165, 1.54) is 0 Å². The van der Waals surface area contributed by atoms with E-state index in [-0.39, 0.29) is 0 Å². The maximum atomic E-state index is 2.20. The highest BCUT2D eigenvalue weighted by molar-refractivity contribution is 8.02. The van der Waals surface area contributed by atoms with E-state index in [1.807, 2.05) is 11.8 Å². The Bertz CT molecular complexity index is 85.4. The lowest BCUT2D eigenvalue weighted by molar-refractivity contribution is 0.457. The summed E-state index contributed by atoms with van der Waals surface area (Å²) in [5.74, 6) is 0. The molecule has 0 unspecified atom stereocenters. The van der Waals surface area contributed by atoms with Gasteiger partial charge in [-0.1, -0.05) is 19.9 Å². The first-order valence-corrected chi connectivity index (χ1v) is 4.52. The second kappa shape index (κ2) is 5.81. The summed E-state index contributed by atoms with van der Waals surface area (Å²) in [5.41, 5.74) is 0. The van der Waals surface area contributed by atoms with Gasteiger partial charge in [0.25, 0.3) is 0 Å². The quantitative estimate of drug-likeness (QED) is 0.618. The van der Waals surface area contributed by atoms with Crippen LogP contribution in [-0.4, -0.2) is 30.8 Å². The van der Waals surface area contributed by atoms with Gasteiger partial charge in [0.1, 0.15) is 0 Å². The van der Waals surface area contributed by atoms with Crippen LogP contribution in [0.1, 0.15) is 13.8 Å². The molecule has 0 fully saturated rings. The van der Waals surface area contributed by atoms with E-state index in [9.17, 15) is 0 Å². The van der Waals surface area contributed by atoms with Gasteiger partial charge >= 0.3 is 0 Å². The van der Waals surface area contributed by atoms with Crippen LogP contribution >= 0.6 is 11.8 Å². The van der Waals surface area contributed by atoms with E-state index in [4.69, 9.17) is 0 Å². The fourth-order valence-corrected chi connectivity index (χ4v) is 0.978. The van der Waals surface area contributed by atoms with Gasteiger partial charge < -0.3 is 4.90 Å². The molecule has 0 aromatic rings. The van der Waals surface area contributed by atoms with E-state index < -0.39 is 0 Å². The molecule has 0 saturated carbocycles. The third-order valence-electron chi connectivity index (χ3n) is 0.918. The molecule has 10 heavy (non-hydrogen) atoms. The summed E-state index contributed by atoms with van der Waals surface area (Å²) in [5, 5.41) is 2.88. The molecule has 0 radical (unpaired) electrons. The standard InChI is InChI=1S/C8H17NS/c1-8(2)10-7-5-6-9(3)4/h5,7-8H,6H2,1-4H3/b7-5+. The Morgan fingerprint density at radius 1 is 1.40 bits per heavy atom. The molecular formula is C8H17NS. The van der Waals surface area contributed by atoms with Crippen molar-refractivity contribution in [3.05, 3.63) is 11.5 Å². The molecule has 0 aliphatic rings. The van der Waals surface area contributed by atoms with Crippen LogP contribution < -0.4 is 0 Å². The average molecular weight is 159 g/mol. The summed E-state index contributed by atoms with van der Waals surface area (Å²) in [6, 6.07) is 0. The molecule has 2 heteroatoms. The molecule has 1 nitrogen and oxygen atoms in total. The first-order valence-electron chi connectivity index (χ1n) is 3.58. The van der Waals surface area contributed by atoms with Crippen LogP contribution in [-0.2, 0) is 0 Å². The van der Waals surface area contributed by atoms with Crippen molar-refractivity contribution in [1.29, 1.82) is 0 Å². The van der Waals surface area contributed by atoms with E-state index in [0.29, 0.717) is 5.25 Å². The third-order valence-corrected chi connectivity index (χ3v) is 1.81. The minimum atomic E-state index is 0.707. The number of rotatable bonds is 4. The van der Waals surface area contributed by atoms with Crippen LogP contribution in [0.3, 0.4) is 0 Å². The highest BCUT2D eigenvalue weighted by Gasteiger charge is 1.87. The summed E-state index contributed by atoms with van der Waals surface area (Å²) < 4.78 is 0. The highest BCUT2D eigenvalue weighted by Crippen LogP contribution is 2.09. The molecule has 0 aliphatic heterocycles. The molecular weight excluding hydrogens is 142 g/mol. The second-order valence-corrected chi connectivity index (χ2v) is 4.31. The van der Waals surface area contributed by atoms with Crippen LogP contribution in [0.5, 0.6) is 0 Å². The molecule has 0 aromatic heterocycles. The van der Waals surface area contributed by atoms with Crippen molar-refractivity contribution in [2.24, 2.45) is 0 Å². The fourth-order valence-electron chi connectivity index (χ4n) is 0.467. The van der Waals surface area contributed by atoms with Gasteiger partial charge in [-0.2, -0.15) is 0 Å². The maximum absolute atomic E-state index is 2.20. The van der Waals surface area contributed by atoms with Crippen molar-refractivity contribution >= 4 is 11.8 Å². The maximum Gasteiger partial charge on any atom is 0.0165 e. The van der Waals surface area contributed by atoms with Crippen LogP contribution in [0.25, 0.3) is 0 Å². The van der Waals surface area contributed by atoms with Gasteiger partial charge in [0.15, 0.2) is 0 Å². The molecule has 0 N–H and O–H groups in total. The Hall–Kier alpha value is 0.0500. The minimum Gasteiger partial charge on any atom is -0.306 e. The number of hydrogen-bond acceptors (Lipinski definition) is 2. The predicted molar refractivity (Wildman–Crippen MR) is 50.4 cm³/mol. The molecule has 0 rings (SSSR count). The lowest BCUT2D eigenvalue weighted by Gasteiger charge is -2.03. The van der Waals surface area contributed by atoms with Crippen molar-refractivity contribution in [1.82, 2.24) is 4.90 Å². The van der Waals surface area contributed by atoms with Gasteiger partial charge in [-0.3, -0.25) is 0 Å². The van der Waals surface area contributed by atoms with Crippen molar-refractivity contribution in [2.45, 2.75) is 19.1 Å². The van der Waals surface area contributed by atoms with Crippen LogP contribution in [0.15, 0.2) is 11.5 Å². The molecule has 60 valence electrons. The van der Waals surface area contributed by atoms with Gasteiger partial charge in [0.05, 0.1) is 0 Å². The van der Waals surface area contributed by atoms with Gasteiger partial charge in [-0.15, -0.1) is 11.8 Å². The Morgan fingerprint density at radius 3 is 2.40 bits per heavy atom. The molecule has 0 spiro atoms. The predicted octanol–water partition coefficient (Wildman–Crippen LogP) is 2.20. The Labute approximate surface area is 68.5 Å². The van der Waals surface area contributed by atoms with Gasteiger partial charge in [0, 0.05) is 11.8 Å². The highest BCUT2D eigenvalue weighted by atomic mass is 32.2. The van der Waals surface area contributed by atoms with Crippen molar-refractivity contribution in [3.8, 4) is 0 Å². The Morgan fingerprint density at radius 2 is 2.00 bits per heavy atom. The van der Waals surface area contributed by atoms with Crippen molar-refractivity contribution in [2.75, 3.05) is 20.6 Å². The molecule has 0 bridgehead atoms. The Balaban J connectivity index is 3.20. The van der Waals surface area contributed by atoms with E-state index >= 15 is 0 Å². The zero-order valence-corrected chi connectivity index (χ0v) is 8.11. The lowest BCUT2D eigenvalue weighted by atomic mass is 10.6. The SMILES string of the molecule is CC(C)S/C=C/CN(C)C. The topological polar surface area (TPSA) is 3.24 Å². The van der Waals surface area contributed by atoms with E-state index in [0.717, 1.165) is 6.54 Å². The molecule has 0 heterocycles. The summed E-state index contributed by atoms with van der Waals surface area (Å²) in [4.78, 5) is 2.15. The lowest BCUT2D eigenvalue weighted by Crippen LogP contribution is -2.10. The Kier molecular flexibility index (Phi) is 5.84. The summed E-state index contributed by atoms with van der Waals surface area (Å²) in [6.45, 7) is 5.44. The minimum absolute atomic E-state index is 0.707. The van der Waals surface area contributed by atoms with Crippen molar-refractivity contribution in [3.63, 3.8) is 0 Å². The van der Waals surface area contributed by atoms with Crippen molar-refractivity contribution < 1.29 is 0 Å². The molecule has 0 aromatic carbocycles. The average Bonchev–Trinajstić information content (AvgIpc) is 1.79. The van der Waals surface area contributed by atoms with E-state index in [2.05, 4.69) is 44.3 Å². The summed E-state index contributed by atoms with van der Waals surface area (Å²) in [6.07, 6.45) is 2.19. The smallest absolute Gasteiger partial charge is 0.0165 e. The zero-order chi connectivity index (χ0) is 7.98. The third kappa shape index (κ3) is 8.05. The molecule has 0 atom stereocenters. The first kappa shape index (κ1) is 10.0. The molecule has 0 saturated heterocycles. The van der Waals surface area contributed by atoms with Crippen LogP contribution in [0.4, 0.5) is 0 Å².